The molecule has 8 nitrogen and oxygen atoms in total. The number of nitrogens with one attached hydrogen (secondary N) is 1. The molecule has 3 atom stereocenters. The number of rotatable bonds is 5. The normalized spacial score (nSPS) is 24.4. The second kappa shape index (κ2) is 7.98. The summed E-state index contributed by atoms with van der Waals surface area (Å²) in [5, 5.41) is 8.15. The third-order valence-corrected chi connectivity index (χ3v) is 8.68. The second-order valence-corrected chi connectivity index (χ2v) is 11.0. The van der Waals surface area contributed by atoms with Gasteiger partial charge in [-0.05, 0) is 70.6 Å². The van der Waals surface area contributed by atoms with Crippen molar-refractivity contribution < 1.29 is 14.4 Å². The van der Waals surface area contributed by atoms with Gasteiger partial charge in [-0.25, -0.2) is 4.98 Å². The van der Waals surface area contributed by atoms with Gasteiger partial charge in [-0.1, -0.05) is 25.1 Å². The monoisotopic (exact) mass is 535 g/mol. The molecule has 3 aromatic rings. The molecule has 2 fully saturated rings. The van der Waals surface area contributed by atoms with Gasteiger partial charge in [-0.3, -0.25) is 19.1 Å². The Labute approximate surface area is 211 Å². The van der Waals surface area contributed by atoms with Crippen LogP contribution in [0, 0.1) is 5.41 Å². The van der Waals surface area contributed by atoms with Crippen LogP contribution in [0.1, 0.15) is 54.7 Å². The number of para-hydroxylation sites is 1. The van der Waals surface area contributed by atoms with Crippen LogP contribution in [-0.2, 0) is 29.0 Å². The zero-order chi connectivity index (χ0) is 24.5. The van der Waals surface area contributed by atoms with Gasteiger partial charge in [0.05, 0.1) is 9.99 Å². The molecule has 3 heterocycles. The molecule has 0 radical (unpaired) electrons. The average molecular weight is 536 g/mol. The Morgan fingerprint density at radius 1 is 1.20 bits per heavy atom. The van der Waals surface area contributed by atoms with Crippen molar-refractivity contribution in [3.63, 3.8) is 0 Å². The Hall–Kier alpha value is -3.07. The highest BCUT2D eigenvalue weighted by Crippen LogP contribution is 2.59. The van der Waals surface area contributed by atoms with E-state index >= 15 is 0 Å². The fourth-order valence-corrected chi connectivity index (χ4v) is 6.52. The summed E-state index contributed by atoms with van der Waals surface area (Å²) in [7, 11) is 0. The Bertz CT molecular complexity index is 1420. The largest absolute Gasteiger partial charge is 0.325 e. The van der Waals surface area contributed by atoms with Gasteiger partial charge < -0.3 is 10.2 Å². The molecule has 1 aromatic carbocycles. The molecule has 9 heteroatoms. The maximum Gasteiger partial charge on any atom is 0.248 e. The summed E-state index contributed by atoms with van der Waals surface area (Å²) in [6, 6.07) is 6.88. The number of nitrogens with zero attached hydrogens (tertiary/aromatic N) is 4. The highest BCUT2D eigenvalue weighted by molar-refractivity contribution is 9.10. The van der Waals surface area contributed by atoms with Crippen molar-refractivity contribution in [3.8, 4) is 0 Å². The van der Waals surface area contributed by atoms with Crippen LogP contribution in [0.25, 0.3) is 10.9 Å². The number of hydrogen-bond donors (Lipinski definition) is 1. The van der Waals surface area contributed by atoms with E-state index in [9.17, 15) is 14.4 Å². The topological polar surface area (TPSA) is 97.2 Å². The number of ketones is 1. The maximum absolute atomic E-state index is 13.6. The molecule has 2 amide bonds. The van der Waals surface area contributed by atoms with E-state index in [1.54, 1.807) is 9.58 Å². The fraction of sp³-hybridized carbons (Fsp3) is 0.423. The lowest BCUT2D eigenvalue weighted by Gasteiger charge is -2.27. The van der Waals surface area contributed by atoms with Crippen LogP contribution >= 0.6 is 15.9 Å². The Balaban J connectivity index is 1.26. The van der Waals surface area contributed by atoms with Gasteiger partial charge in [-0.2, -0.15) is 5.10 Å². The van der Waals surface area contributed by atoms with Crippen LogP contribution in [0.4, 0.5) is 5.82 Å². The van der Waals surface area contributed by atoms with E-state index in [2.05, 4.69) is 38.3 Å². The van der Waals surface area contributed by atoms with E-state index in [1.807, 2.05) is 30.5 Å². The zero-order valence-electron chi connectivity index (χ0n) is 19.7. The maximum atomic E-state index is 13.6. The van der Waals surface area contributed by atoms with Crippen LogP contribution in [0.5, 0.6) is 0 Å². The molecule has 1 saturated heterocycles. The van der Waals surface area contributed by atoms with Gasteiger partial charge in [0.1, 0.15) is 24.1 Å². The SMILES string of the molecule is CC(=O)c1nn(CC(=O)N2C(C(=O)Nc3ncc4c(c3Br)CCC4)C[C@@]3(C)C[C@@H]23)c2ccccc12. The number of pyridine rings is 1. The van der Waals surface area contributed by atoms with Crippen molar-refractivity contribution in [2.75, 3.05) is 5.32 Å². The standard InChI is InChI=1S/C26H26BrN5O3/c1-14(33)23-17-7-3-4-9-18(17)31(30-23)13-21(34)32-19(10-26(2)11-20(26)32)25(35)29-24-22(27)16-8-5-6-15(16)12-28-24/h3-4,7,9,12,19-20H,5-6,8,10-11,13H2,1-2H3,(H,28,29,35)/t19?,20-,26+/m1/s1. The summed E-state index contributed by atoms with van der Waals surface area (Å²) in [5.41, 5.74) is 3.47. The predicted octanol–water partition coefficient (Wildman–Crippen LogP) is 3.90. The molecule has 3 aliphatic rings. The number of amides is 2. The minimum Gasteiger partial charge on any atom is -0.325 e. The first-order valence-electron chi connectivity index (χ1n) is 12.0. The smallest absolute Gasteiger partial charge is 0.248 e. The summed E-state index contributed by atoms with van der Waals surface area (Å²) < 4.78 is 2.42. The van der Waals surface area contributed by atoms with E-state index in [4.69, 9.17) is 0 Å². The van der Waals surface area contributed by atoms with Crippen molar-refractivity contribution in [2.45, 2.75) is 64.6 Å². The summed E-state index contributed by atoms with van der Waals surface area (Å²) >= 11 is 3.63. The summed E-state index contributed by atoms with van der Waals surface area (Å²) in [5.74, 6) is -0.0145. The molecule has 6 rings (SSSR count). The number of carbonyl (C=O) groups excluding carboxylic acids is 3. The summed E-state index contributed by atoms with van der Waals surface area (Å²) in [6.45, 7) is 3.58. The lowest BCUT2D eigenvalue weighted by Crippen LogP contribution is -2.46. The molecule has 1 N–H and O–H groups in total. The number of fused-ring (bicyclic) bond motifs is 3. The van der Waals surface area contributed by atoms with Crippen LogP contribution in [-0.4, -0.2) is 49.3 Å². The molecule has 35 heavy (non-hydrogen) atoms. The lowest BCUT2D eigenvalue weighted by atomic mass is 10.0. The van der Waals surface area contributed by atoms with E-state index in [1.165, 1.54) is 18.1 Å². The van der Waals surface area contributed by atoms with E-state index < -0.39 is 6.04 Å². The van der Waals surface area contributed by atoms with Crippen molar-refractivity contribution in [1.82, 2.24) is 19.7 Å². The fourth-order valence-electron chi connectivity index (χ4n) is 5.87. The molecule has 2 aliphatic carbocycles. The number of halogens is 1. The Kier molecular flexibility index (Phi) is 5.11. The molecule has 0 bridgehead atoms. The molecule has 180 valence electrons. The first-order valence-corrected chi connectivity index (χ1v) is 12.8. The third kappa shape index (κ3) is 3.59. The summed E-state index contributed by atoms with van der Waals surface area (Å²) in [4.78, 5) is 45.3. The minimum absolute atomic E-state index is 0.0229. The highest BCUT2D eigenvalue weighted by Gasteiger charge is 2.64. The number of likely N-dealkylation sites (tertiary alicyclic amines) is 1. The third-order valence-electron chi connectivity index (χ3n) is 7.83. The molecule has 0 spiro atoms. The van der Waals surface area contributed by atoms with Gasteiger partial charge in [0.15, 0.2) is 5.78 Å². The second-order valence-electron chi connectivity index (χ2n) is 10.2. The lowest BCUT2D eigenvalue weighted by molar-refractivity contribution is -0.138. The number of aromatic nitrogens is 3. The van der Waals surface area contributed by atoms with Crippen LogP contribution in [0.2, 0.25) is 0 Å². The van der Waals surface area contributed by atoms with Gasteiger partial charge in [-0.15, -0.1) is 0 Å². The van der Waals surface area contributed by atoms with Gasteiger partial charge >= 0.3 is 0 Å². The highest BCUT2D eigenvalue weighted by atomic mass is 79.9. The molecule has 2 aromatic heterocycles. The number of carbonyl (C=O) groups is 3. The minimum atomic E-state index is -0.567. The van der Waals surface area contributed by atoms with E-state index in [-0.39, 0.29) is 35.6 Å². The first-order chi connectivity index (χ1) is 16.8. The van der Waals surface area contributed by atoms with E-state index in [0.29, 0.717) is 17.9 Å². The van der Waals surface area contributed by atoms with Gasteiger partial charge in [0, 0.05) is 24.5 Å². The molecule has 1 unspecified atom stereocenters. The van der Waals surface area contributed by atoms with Crippen LogP contribution < -0.4 is 5.32 Å². The average Bonchev–Trinajstić information content (AvgIpc) is 3.20. The Morgan fingerprint density at radius 3 is 2.80 bits per heavy atom. The van der Waals surface area contributed by atoms with Gasteiger partial charge in [0.25, 0.3) is 0 Å². The number of Topliss-reactive ketones (excluding diaryl/α,β-unsaturated/α-hetero) is 1. The van der Waals surface area contributed by atoms with Crippen molar-refractivity contribution >= 4 is 50.2 Å². The number of aryl methyl sites for hydroxylation is 1. The van der Waals surface area contributed by atoms with E-state index in [0.717, 1.165) is 41.1 Å². The zero-order valence-corrected chi connectivity index (χ0v) is 21.3. The molecular weight excluding hydrogens is 510 g/mol. The quantitative estimate of drug-likeness (QED) is 0.499. The number of benzene rings is 1. The van der Waals surface area contributed by atoms with Crippen molar-refractivity contribution in [3.05, 3.63) is 51.8 Å². The number of piperidine rings is 1. The van der Waals surface area contributed by atoms with Crippen LogP contribution in [0.15, 0.2) is 34.9 Å². The molecule has 1 saturated carbocycles. The van der Waals surface area contributed by atoms with Crippen molar-refractivity contribution in [1.29, 1.82) is 0 Å². The predicted molar refractivity (Wildman–Crippen MR) is 134 cm³/mol. The molecular formula is C26H26BrN5O3. The number of anilines is 1. The van der Waals surface area contributed by atoms with Crippen molar-refractivity contribution in [2.24, 2.45) is 5.41 Å². The number of hydrogen-bond acceptors (Lipinski definition) is 5. The Morgan fingerprint density at radius 2 is 2.00 bits per heavy atom. The summed E-state index contributed by atoms with van der Waals surface area (Å²) in [6.07, 6.45) is 6.42. The first kappa shape index (κ1) is 22.4. The molecule has 1 aliphatic heterocycles. The van der Waals surface area contributed by atoms with Gasteiger partial charge in [0.2, 0.25) is 11.8 Å². The van der Waals surface area contributed by atoms with Crippen LogP contribution in [0.3, 0.4) is 0 Å².